The van der Waals surface area contributed by atoms with Gasteiger partial charge < -0.3 is 5.32 Å². The number of hydrogen-bond acceptors (Lipinski definition) is 7. The molecule has 0 bridgehead atoms. The van der Waals surface area contributed by atoms with Gasteiger partial charge in [0, 0.05) is 0 Å². The zero-order chi connectivity index (χ0) is 9.80. The van der Waals surface area contributed by atoms with E-state index < -0.39 is 5.91 Å². The van der Waals surface area contributed by atoms with Gasteiger partial charge >= 0.3 is 0 Å². The number of carbonyl (C=O) groups is 1. The third-order valence-electron chi connectivity index (χ3n) is 1.34. The van der Waals surface area contributed by atoms with Crippen molar-refractivity contribution < 1.29 is 4.79 Å². The Balaban J connectivity index is 1.90. The maximum atomic E-state index is 11.2. The van der Waals surface area contributed by atoms with E-state index in [4.69, 9.17) is 0 Å². The average Bonchev–Trinajstić information content (AvgIpc) is 2.87. The van der Waals surface area contributed by atoms with Crippen LogP contribution in [-0.4, -0.2) is 47.2 Å². The summed E-state index contributed by atoms with van der Waals surface area (Å²) in [5.74, 6) is -0.112. The summed E-state index contributed by atoms with van der Waals surface area (Å²) < 4.78 is 0. The number of tetrazole rings is 2. The van der Waals surface area contributed by atoms with Crippen molar-refractivity contribution in [2.24, 2.45) is 0 Å². The van der Waals surface area contributed by atoms with E-state index in [0.717, 1.165) is 0 Å². The van der Waals surface area contributed by atoms with Crippen LogP contribution in [-0.2, 0) is 6.54 Å². The Kier molecular flexibility index (Phi) is 2.09. The molecule has 0 atom stereocenters. The molecule has 0 radical (unpaired) electrons. The first-order valence-corrected chi connectivity index (χ1v) is 3.60. The summed E-state index contributed by atoms with van der Waals surface area (Å²) >= 11 is 0. The number of rotatable bonds is 3. The van der Waals surface area contributed by atoms with Gasteiger partial charge in [-0.05, 0) is 5.21 Å². The number of hydrogen-bond donors (Lipinski definition) is 3. The van der Waals surface area contributed by atoms with E-state index in [1.54, 1.807) is 0 Å². The van der Waals surface area contributed by atoms with Crippen LogP contribution in [0.15, 0.2) is 0 Å². The van der Waals surface area contributed by atoms with Crippen LogP contribution in [0.1, 0.15) is 16.4 Å². The SMILES string of the molecule is O=C(NCc1nn[nH]n1)c1nn[nH]n1. The molecule has 72 valence electrons. The summed E-state index contributed by atoms with van der Waals surface area (Å²) in [5.41, 5.74) is 0. The van der Waals surface area contributed by atoms with Crippen molar-refractivity contribution in [3.05, 3.63) is 11.6 Å². The minimum atomic E-state index is -0.455. The summed E-state index contributed by atoms with van der Waals surface area (Å²) in [6, 6.07) is 0. The first-order chi connectivity index (χ1) is 6.86. The molecule has 2 aromatic rings. The Morgan fingerprint density at radius 3 is 2.64 bits per heavy atom. The van der Waals surface area contributed by atoms with E-state index >= 15 is 0 Å². The molecule has 0 aromatic carbocycles. The molecular weight excluding hydrogens is 190 g/mol. The molecule has 14 heavy (non-hydrogen) atoms. The van der Waals surface area contributed by atoms with Gasteiger partial charge in [0.15, 0.2) is 5.82 Å². The molecular formula is C4H5N9O. The van der Waals surface area contributed by atoms with Crippen LogP contribution < -0.4 is 5.32 Å². The Hall–Kier alpha value is -2.39. The highest BCUT2D eigenvalue weighted by Gasteiger charge is 2.10. The second-order valence-electron chi connectivity index (χ2n) is 2.25. The van der Waals surface area contributed by atoms with Gasteiger partial charge in [-0.1, -0.05) is 5.21 Å². The molecule has 10 nitrogen and oxygen atoms in total. The number of nitrogens with one attached hydrogen (secondary N) is 3. The van der Waals surface area contributed by atoms with Crippen LogP contribution in [0.5, 0.6) is 0 Å². The molecule has 0 saturated carbocycles. The molecule has 10 heteroatoms. The predicted molar refractivity (Wildman–Crippen MR) is 39.5 cm³/mol. The van der Waals surface area contributed by atoms with Gasteiger partial charge in [0.1, 0.15) is 0 Å². The predicted octanol–water partition coefficient (Wildman–Crippen LogP) is -2.36. The lowest BCUT2D eigenvalue weighted by Crippen LogP contribution is -2.24. The standard InChI is InChI=1S/C4H5N9O/c14-4(3-8-12-13-9-3)5-1-2-6-10-11-7-2/h1H2,(H,5,14)(H,6,7,10,11)(H,8,9,12,13). The van der Waals surface area contributed by atoms with Crippen molar-refractivity contribution in [3.63, 3.8) is 0 Å². The number of aromatic amines is 2. The number of nitrogens with zero attached hydrogens (tertiary/aromatic N) is 6. The Labute approximate surface area is 76.5 Å². The number of carbonyl (C=O) groups excluding carboxylic acids is 1. The quantitative estimate of drug-likeness (QED) is 0.498. The van der Waals surface area contributed by atoms with Crippen LogP contribution in [0, 0.1) is 0 Å². The fourth-order valence-corrected chi connectivity index (χ4v) is 0.754. The van der Waals surface area contributed by atoms with Crippen molar-refractivity contribution in [2.75, 3.05) is 0 Å². The van der Waals surface area contributed by atoms with E-state index in [2.05, 4.69) is 46.6 Å². The average molecular weight is 195 g/mol. The fourth-order valence-electron chi connectivity index (χ4n) is 0.754. The molecule has 2 heterocycles. The number of aromatic nitrogens is 8. The van der Waals surface area contributed by atoms with Crippen LogP contribution in [0.2, 0.25) is 0 Å². The van der Waals surface area contributed by atoms with Gasteiger partial charge in [-0.15, -0.1) is 20.4 Å². The van der Waals surface area contributed by atoms with E-state index in [9.17, 15) is 4.79 Å². The van der Waals surface area contributed by atoms with Crippen LogP contribution in [0.4, 0.5) is 0 Å². The molecule has 0 saturated heterocycles. The Morgan fingerprint density at radius 2 is 2.00 bits per heavy atom. The van der Waals surface area contributed by atoms with Gasteiger partial charge in [0.25, 0.3) is 11.7 Å². The van der Waals surface area contributed by atoms with Crippen LogP contribution >= 0.6 is 0 Å². The molecule has 2 aromatic heterocycles. The van der Waals surface area contributed by atoms with Gasteiger partial charge in [0.05, 0.1) is 6.54 Å². The molecule has 0 aliphatic rings. The highest BCUT2D eigenvalue weighted by molar-refractivity contribution is 5.89. The number of H-pyrrole nitrogens is 2. The van der Waals surface area contributed by atoms with Crippen LogP contribution in [0.25, 0.3) is 0 Å². The Bertz CT molecular complexity index is 390. The minimum absolute atomic E-state index is 0.0338. The molecule has 0 aliphatic heterocycles. The third-order valence-corrected chi connectivity index (χ3v) is 1.34. The molecule has 0 aliphatic carbocycles. The van der Waals surface area contributed by atoms with Crippen molar-refractivity contribution in [3.8, 4) is 0 Å². The van der Waals surface area contributed by atoms with Gasteiger partial charge in [-0.25, -0.2) is 0 Å². The summed E-state index contributed by atoms with van der Waals surface area (Å²) in [5, 5.41) is 27.7. The third kappa shape index (κ3) is 1.68. The smallest absolute Gasteiger partial charge is 0.293 e. The van der Waals surface area contributed by atoms with Crippen molar-refractivity contribution in [2.45, 2.75) is 6.54 Å². The first-order valence-electron chi connectivity index (χ1n) is 3.60. The molecule has 0 unspecified atom stereocenters. The Morgan fingerprint density at radius 1 is 1.21 bits per heavy atom. The summed E-state index contributed by atoms with van der Waals surface area (Å²) in [6.45, 7) is 0.157. The monoisotopic (exact) mass is 195 g/mol. The first kappa shape index (κ1) is 8.22. The van der Waals surface area contributed by atoms with E-state index in [0.29, 0.717) is 5.82 Å². The number of amides is 1. The zero-order valence-electron chi connectivity index (χ0n) is 6.80. The highest BCUT2D eigenvalue weighted by atomic mass is 16.2. The van der Waals surface area contributed by atoms with E-state index in [1.807, 2.05) is 0 Å². The van der Waals surface area contributed by atoms with Gasteiger partial charge in [-0.2, -0.15) is 10.4 Å². The van der Waals surface area contributed by atoms with Crippen molar-refractivity contribution in [1.82, 2.24) is 46.6 Å². The highest BCUT2D eigenvalue weighted by Crippen LogP contribution is 1.86. The molecule has 3 N–H and O–H groups in total. The second-order valence-corrected chi connectivity index (χ2v) is 2.25. The topological polar surface area (TPSA) is 138 Å². The summed E-state index contributed by atoms with van der Waals surface area (Å²) in [7, 11) is 0. The second kappa shape index (κ2) is 3.55. The van der Waals surface area contributed by atoms with E-state index in [-0.39, 0.29) is 12.4 Å². The lowest BCUT2D eigenvalue weighted by molar-refractivity contribution is 0.0939. The van der Waals surface area contributed by atoms with Crippen molar-refractivity contribution >= 4 is 5.91 Å². The van der Waals surface area contributed by atoms with Gasteiger partial charge in [0.2, 0.25) is 0 Å². The largest absolute Gasteiger partial charge is 0.342 e. The zero-order valence-corrected chi connectivity index (χ0v) is 6.80. The van der Waals surface area contributed by atoms with Gasteiger partial charge in [-0.3, -0.25) is 4.79 Å². The van der Waals surface area contributed by atoms with E-state index in [1.165, 1.54) is 0 Å². The molecule has 0 fully saturated rings. The fraction of sp³-hybridized carbons (Fsp3) is 0.250. The maximum Gasteiger partial charge on any atom is 0.293 e. The lowest BCUT2D eigenvalue weighted by Gasteiger charge is -1.95. The van der Waals surface area contributed by atoms with Crippen molar-refractivity contribution in [1.29, 1.82) is 0 Å². The summed E-state index contributed by atoms with van der Waals surface area (Å²) in [4.78, 5) is 11.2. The summed E-state index contributed by atoms with van der Waals surface area (Å²) in [6.07, 6.45) is 0. The minimum Gasteiger partial charge on any atom is -0.342 e. The normalized spacial score (nSPS) is 10.0. The molecule has 0 spiro atoms. The van der Waals surface area contributed by atoms with Crippen LogP contribution in [0.3, 0.4) is 0 Å². The maximum absolute atomic E-state index is 11.2. The lowest BCUT2D eigenvalue weighted by atomic mass is 10.5. The molecule has 2 rings (SSSR count). The molecule has 1 amide bonds.